The number of nitrogens with two attached hydrogens (primary N) is 1. The monoisotopic (exact) mass is 311 g/mol. The molecule has 2 aromatic rings. The molecule has 1 heterocycles. The summed E-state index contributed by atoms with van der Waals surface area (Å²) in [7, 11) is 0. The molecule has 4 heteroatoms. The minimum atomic E-state index is -0.139. The molecule has 0 saturated carbocycles. The molecule has 17 heavy (non-hydrogen) atoms. The van der Waals surface area contributed by atoms with Gasteiger partial charge in [0, 0.05) is 10.0 Å². The number of hydrogen-bond donors (Lipinski definition) is 1. The highest BCUT2D eigenvalue weighted by molar-refractivity contribution is 9.10. The van der Waals surface area contributed by atoms with E-state index >= 15 is 0 Å². The van der Waals surface area contributed by atoms with Crippen LogP contribution >= 0.6 is 27.3 Å². The van der Waals surface area contributed by atoms with Crippen molar-refractivity contribution >= 4 is 27.3 Å². The van der Waals surface area contributed by atoms with Gasteiger partial charge < -0.3 is 10.5 Å². The van der Waals surface area contributed by atoms with Crippen molar-refractivity contribution in [1.29, 1.82) is 0 Å². The van der Waals surface area contributed by atoms with Crippen molar-refractivity contribution in [3.05, 3.63) is 50.6 Å². The summed E-state index contributed by atoms with van der Waals surface area (Å²) in [6.45, 7) is 2.62. The van der Waals surface area contributed by atoms with Gasteiger partial charge in [-0.3, -0.25) is 0 Å². The summed E-state index contributed by atoms with van der Waals surface area (Å²) in [5.41, 5.74) is 8.40. The van der Waals surface area contributed by atoms with Crippen LogP contribution in [0, 0.1) is 0 Å². The maximum absolute atomic E-state index is 6.27. The lowest BCUT2D eigenvalue weighted by molar-refractivity contribution is 0.335. The molecule has 0 bridgehead atoms. The SMILES string of the molecule is CCOc1ccc(Br)cc1[C@H](N)c1ccsc1. The first-order valence-corrected chi connectivity index (χ1v) is 7.16. The third-order valence-electron chi connectivity index (χ3n) is 2.51. The number of halogens is 1. The Morgan fingerprint density at radius 1 is 1.41 bits per heavy atom. The van der Waals surface area contributed by atoms with Gasteiger partial charge in [0.15, 0.2) is 0 Å². The summed E-state index contributed by atoms with van der Waals surface area (Å²) in [5, 5.41) is 4.11. The molecule has 0 fully saturated rings. The van der Waals surface area contributed by atoms with Gasteiger partial charge in [0.1, 0.15) is 5.75 Å². The molecule has 2 N–H and O–H groups in total. The predicted octanol–water partition coefficient (Wildman–Crippen LogP) is 3.96. The zero-order valence-corrected chi connectivity index (χ0v) is 11.9. The number of thiophene rings is 1. The van der Waals surface area contributed by atoms with Crippen molar-refractivity contribution < 1.29 is 4.74 Å². The maximum atomic E-state index is 6.27. The lowest BCUT2D eigenvalue weighted by atomic mass is 10.0. The van der Waals surface area contributed by atoms with E-state index in [0.29, 0.717) is 6.61 Å². The van der Waals surface area contributed by atoms with Gasteiger partial charge in [-0.25, -0.2) is 0 Å². The quantitative estimate of drug-likeness (QED) is 0.927. The second-order valence-corrected chi connectivity index (χ2v) is 5.35. The molecule has 0 spiro atoms. The predicted molar refractivity (Wildman–Crippen MR) is 75.7 cm³/mol. The van der Waals surface area contributed by atoms with Crippen LogP contribution in [0.4, 0.5) is 0 Å². The number of rotatable bonds is 4. The van der Waals surface area contributed by atoms with Crippen LogP contribution < -0.4 is 10.5 Å². The Morgan fingerprint density at radius 3 is 2.88 bits per heavy atom. The number of ether oxygens (including phenoxy) is 1. The van der Waals surface area contributed by atoms with Crippen LogP contribution in [0.15, 0.2) is 39.5 Å². The van der Waals surface area contributed by atoms with Crippen LogP contribution in [0.5, 0.6) is 5.75 Å². The molecule has 0 aliphatic heterocycles. The normalized spacial score (nSPS) is 12.4. The first-order valence-electron chi connectivity index (χ1n) is 5.42. The molecule has 0 unspecified atom stereocenters. The maximum Gasteiger partial charge on any atom is 0.124 e. The van der Waals surface area contributed by atoms with Crippen molar-refractivity contribution in [3.8, 4) is 5.75 Å². The van der Waals surface area contributed by atoms with Crippen molar-refractivity contribution in [2.75, 3.05) is 6.61 Å². The third kappa shape index (κ3) is 2.89. The topological polar surface area (TPSA) is 35.2 Å². The standard InChI is InChI=1S/C13H14BrNOS/c1-2-16-12-4-3-10(14)7-11(12)13(15)9-5-6-17-8-9/h3-8,13H,2,15H2,1H3/t13-/m1/s1. The van der Waals surface area contributed by atoms with Gasteiger partial charge in [0.25, 0.3) is 0 Å². The molecule has 1 aromatic carbocycles. The van der Waals surface area contributed by atoms with Crippen LogP contribution in [-0.4, -0.2) is 6.61 Å². The Balaban J connectivity index is 2.38. The number of hydrogen-bond acceptors (Lipinski definition) is 3. The van der Waals surface area contributed by atoms with Gasteiger partial charge in [-0.05, 0) is 47.5 Å². The molecule has 0 radical (unpaired) electrons. The zero-order chi connectivity index (χ0) is 12.3. The minimum Gasteiger partial charge on any atom is -0.494 e. The number of benzene rings is 1. The molecule has 90 valence electrons. The van der Waals surface area contributed by atoms with Gasteiger partial charge >= 0.3 is 0 Å². The fourth-order valence-corrected chi connectivity index (χ4v) is 2.76. The molecule has 0 aliphatic rings. The Hall–Kier alpha value is -0.840. The van der Waals surface area contributed by atoms with E-state index in [1.54, 1.807) is 11.3 Å². The summed E-state index contributed by atoms with van der Waals surface area (Å²) in [6, 6.07) is 7.85. The molecule has 2 nitrogen and oxygen atoms in total. The van der Waals surface area contributed by atoms with Crippen LogP contribution in [0.1, 0.15) is 24.1 Å². The first kappa shape index (κ1) is 12.6. The van der Waals surface area contributed by atoms with Crippen LogP contribution in [0.3, 0.4) is 0 Å². The van der Waals surface area contributed by atoms with E-state index in [4.69, 9.17) is 10.5 Å². The highest BCUT2D eigenvalue weighted by atomic mass is 79.9. The van der Waals surface area contributed by atoms with E-state index < -0.39 is 0 Å². The Morgan fingerprint density at radius 2 is 2.24 bits per heavy atom. The van der Waals surface area contributed by atoms with Gasteiger partial charge in [-0.1, -0.05) is 15.9 Å². The molecule has 0 saturated heterocycles. The van der Waals surface area contributed by atoms with Gasteiger partial charge in [0.05, 0.1) is 12.6 Å². The Kier molecular flexibility index (Phi) is 4.20. The van der Waals surface area contributed by atoms with E-state index in [-0.39, 0.29) is 6.04 Å². The van der Waals surface area contributed by atoms with Crippen molar-refractivity contribution in [2.24, 2.45) is 5.73 Å². The van der Waals surface area contributed by atoms with Crippen molar-refractivity contribution in [3.63, 3.8) is 0 Å². The first-order chi connectivity index (χ1) is 8.22. The summed E-state index contributed by atoms with van der Waals surface area (Å²) in [5.74, 6) is 0.856. The van der Waals surface area contributed by atoms with E-state index in [0.717, 1.165) is 21.3 Å². The molecule has 1 atom stereocenters. The molecule has 2 rings (SSSR count). The zero-order valence-electron chi connectivity index (χ0n) is 9.52. The fourth-order valence-electron chi connectivity index (χ4n) is 1.68. The van der Waals surface area contributed by atoms with Crippen LogP contribution in [-0.2, 0) is 0 Å². The molecule has 0 aliphatic carbocycles. The fraction of sp³-hybridized carbons (Fsp3) is 0.231. The van der Waals surface area contributed by atoms with Gasteiger partial charge in [-0.2, -0.15) is 11.3 Å². The van der Waals surface area contributed by atoms with Crippen molar-refractivity contribution in [2.45, 2.75) is 13.0 Å². The highest BCUT2D eigenvalue weighted by Gasteiger charge is 2.15. The Labute approximate surface area is 114 Å². The summed E-state index contributed by atoms with van der Waals surface area (Å²) in [6.07, 6.45) is 0. The van der Waals surface area contributed by atoms with E-state index in [9.17, 15) is 0 Å². The van der Waals surface area contributed by atoms with Gasteiger partial charge in [0.2, 0.25) is 0 Å². The third-order valence-corrected chi connectivity index (χ3v) is 3.70. The summed E-state index contributed by atoms with van der Waals surface area (Å²) >= 11 is 5.12. The minimum absolute atomic E-state index is 0.139. The summed E-state index contributed by atoms with van der Waals surface area (Å²) < 4.78 is 6.63. The van der Waals surface area contributed by atoms with Gasteiger partial charge in [-0.15, -0.1) is 0 Å². The van der Waals surface area contributed by atoms with Crippen LogP contribution in [0.25, 0.3) is 0 Å². The lowest BCUT2D eigenvalue weighted by Crippen LogP contribution is -2.12. The Bertz CT molecular complexity index is 484. The van der Waals surface area contributed by atoms with E-state index in [1.165, 1.54) is 0 Å². The van der Waals surface area contributed by atoms with E-state index in [1.807, 2.05) is 36.6 Å². The molecule has 0 amide bonds. The van der Waals surface area contributed by atoms with Crippen molar-refractivity contribution in [1.82, 2.24) is 0 Å². The molecular weight excluding hydrogens is 298 g/mol. The highest BCUT2D eigenvalue weighted by Crippen LogP contribution is 2.31. The van der Waals surface area contributed by atoms with Crippen LogP contribution in [0.2, 0.25) is 0 Å². The molecule has 1 aromatic heterocycles. The average molecular weight is 312 g/mol. The lowest BCUT2D eigenvalue weighted by Gasteiger charge is -2.16. The largest absolute Gasteiger partial charge is 0.494 e. The second kappa shape index (κ2) is 5.67. The smallest absolute Gasteiger partial charge is 0.124 e. The summed E-state index contributed by atoms with van der Waals surface area (Å²) in [4.78, 5) is 0. The second-order valence-electron chi connectivity index (χ2n) is 3.65. The molecular formula is C13H14BrNOS. The average Bonchev–Trinajstić information content (AvgIpc) is 2.84. The van der Waals surface area contributed by atoms with E-state index in [2.05, 4.69) is 21.3 Å².